The number of para-hydroxylation sites is 1. The average molecular weight is 328 g/mol. The van der Waals surface area contributed by atoms with Gasteiger partial charge >= 0.3 is 0 Å². The van der Waals surface area contributed by atoms with E-state index in [9.17, 15) is 4.79 Å². The summed E-state index contributed by atoms with van der Waals surface area (Å²) in [5.41, 5.74) is 2.13. The standard InChI is InChI=1S/C19H24N2OS/c1-13-11-16-9-4-5-10-17(16)20-19(13)23-12-18(22)21-14(2)7-6-8-15(21)3/h4-5,9-11,14-15H,6-8,12H2,1-3H3/t14-,15-/m1/s1. The highest BCUT2D eigenvalue weighted by atomic mass is 32.2. The number of likely N-dealkylation sites (tertiary alicyclic amines) is 1. The fourth-order valence-corrected chi connectivity index (χ4v) is 4.33. The molecule has 3 rings (SSSR count). The Labute approximate surface area is 142 Å². The van der Waals surface area contributed by atoms with E-state index in [0.29, 0.717) is 17.8 Å². The van der Waals surface area contributed by atoms with Crippen LogP contribution in [0, 0.1) is 6.92 Å². The summed E-state index contributed by atoms with van der Waals surface area (Å²) < 4.78 is 0. The monoisotopic (exact) mass is 328 g/mol. The van der Waals surface area contributed by atoms with Gasteiger partial charge in [-0.1, -0.05) is 30.0 Å². The second kappa shape index (κ2) is 6.91. The zero-order valence-electron chi connectivity index (χ0n) is 14.1. The third-order valence-corrected chi connectivity index (χ3v) is 5.76. The van der Waals surface area contributed by atoms with Gasteiger partial charge in [0.25, 0.3) is 0 Å². The van der Waals surface area contributed by atoms with Crippen LogP contribution in [0.15, 0.2) is 35.4 Å². The molecule has 1 aromatic carbocycles. The van der Waals surface area contributed by atoms with Gasteiger partial charge in [0.2, 0.25) is 5.91 Å². The molecule has 2 aromatic rings. The minimum Gasteiger partial charge on any atom is -0.337 e. The Morgan fingerprint density at radius 1 is 1.26 bits per heavy atom. The van der Waals surface area contributed by atoms with Gasteiger partial charge in [-0.25, -0.2) is 4.98 Å². The van der Waals surface area contributed by atoms with Crippen molar-refractivity contribution in [3.05, 3.63) is 35.9 Å². The molecule has 0 bridgehead atoms. The van der Waals surface area contributed by atoms with E-state index in [-0.39, 0.29) is 5.91 Å². The van der Waals surface area contributed by atoms with Gasteiger partial charge in [-0.2, -0.15) is 0 Å². The molecule has 1 aromatic heterocycles. The van der Waals surface area contributed by atoms with Crippen LogP contribution in [0.3, 0.4) is 0 Å². The van der Waals surface area contributed by atoms with Gasteiger partial charge in [-0.3, -0.25) is 4.79 Å². The summed E-state index contributed by atoms with van der Waals surface area (Å²) >= 11 is 1.57. The van der Waals surface area contributed by atoms with Crippen LogP contribution in [0.25, 0.3) is 10.9 Å². The first kappa shape index (κ1) is 16.3. The molecular weight excluding hydrogens is 304 g/mol. The van der Waals surface area contributed by atoms with Gasteiger partial charge in [0, 0.05) is 17.5 Å². The fourth-order valence-electron chi connectivity index (χ4n) is 3.47. The quantitative estimate of drug-likeness (QED) is 0.782. The molecule has 1 aliphatic heterocycles. The molecule has 0 radical (unpaired) electrons. The number of pyridine rings is 1. The Morgan fingerprint density at radius 2 is 1.96 bits per heavy atom. The van der Waals surface area contributed by atoms with E-state index in [1.54, 1.807) is 11.8 Å². The number of fused-ring (bicyclic) bond motifs is 1. The molecule has 0 saturated carbocycles. The van der Waals surface area contributed by atoms with Crippen molar-refractivity contribution in [1.29, 1.82) is 0 Å². The molecule has 0 unspecified atom stereocenters. The fraction of sp³-hybridized carbons (Fsp3) is 0.474. The molecule has 4 heteroatoms. The number of aryl methyl sites for hydroxylation is 1. The van der Waals surface area contributed by atoms with E-state index < -0.39 is 0 Å². The van der Waals surface area contributed by atoms with Gasteiger partial charge in [0.1, 0.15) is 5.03 Å². The van der Waals surface area contributed by atoms with Crippen molar-refractivity contribution in [3.8, 4) is 0 Å². The third kappa shape index (κ3) is 3.52. The predicted octanol–water partition coefficient (Wildman–Crippen LogP) is 4.42. The third-order valence-electron chi connectivity index (χ3n) is 4.68. The summed E-state index contributed by atoms with van der Waals surface area (Å²) in [6, 6.07) is 11.0. The first-order valence-corrected chi connectivity index (χ1v) is 9.35. The van der Waals surface area contributed by atoms with E-state index in [1.165, 1.54) is 6.42 Å². The Kier molecular flexibility index (Phi) is 4.90. The maximum absolute atomic E-state index is 12.6. The molecule has 23 heavy (non-hydrogen) atoms. The van der Waals surface area contributed by atoms with E-state index in [2.05, 4.69) is 37.8 Å². The van der Waals surface area contributed by atoms with Gasteiger partial charge in [-0.05, 0) is 57.7 Å². The predicted molar refractivity (Wildman–Crippen MR) is 96.8 cm³/mol. The number of amides is 1. The van der Waals surface area contributed by atoms with Crippen LogP contribution in [0.4, 0.5) is 0 Å². The summed E-state index contributed by atoms with van der Waals surface area (Å²) in [5, 5.41) is 2.12. The van der Waals surface area contributed by atoms with E-state index in [0.717, 1.165) is 34.3 Å². The number of thioether (sulfide) groups is 1. The summed E-state index contributed by atoms with van der Waals surface area (Å²) in [6.45, 7) is 6.40. The van der Waals surface area contributed by atoms with Crippen molar-refractivity contribution >= 4 is 28.6 Å². The van der Waals surface area contributed by atoms with Crippen LogP contribution < -0.4 is 0 Å². The number of carbonyl (C=O) groups is 1. The number of hydrogen-bond acceptors (Lipinski definition) is 3. The first-order valence-electron chi connectivity index (χ1n) is 8.36. The van der Waals surface area contributed by atoms with E-state index >= 15 is 0 Å². The highest BCUT2D eigenvalue weighted by Crippen LogP contribution is 2.27. The average Bonchev–Trinajstić information content (AvgIpc) is 2.52. The Morgan fingerprint density at radius 3 is 2.70 bits per heavy atom. The number of aromatic nitrogens is 1. The lowest BCUT2D eigenvalue weighted by atomic mass is 9.98. The minimum absolute atomic E-state index is 0.240. The Hall–Kier alpha value is -1.55. The minimum atomic E-state index is 0.240. The zero-order chi connectivity index (χ0) is 16.4. The summed E-state index contributed by atoms with van der Waals surface area (Å²) in [5.74, 6) is 0.713. The lowest BCUT2D eigenvalue weighted by Gasteiger charge is -2.39. The summed E-state index contributed by atoms with van der Waals surface area (Å²) in [4.78, 5) is 19.4. The topological polar surface area (TPSA) is 33.2 Å². The van der Waals surface area contributed by atoms with Crippen molar-refractivity contribution in [2.24, 2.45) is 0 Å². The molecule has 2 atom stereocenters. The molecule has 0 N–H and O–H groups in total. The van der Waals surface area contributed by atoms with Crippen LogP contribution >= 0.6 is 11.8 Å². The van der Waals surface area contributed by atoms with E-state index in [4.69, 9.17) is 4.98 Å². The Bertz CT molecular complexity index is 706. The molecule has 1 amide bonds. The van der Waals surface area contributed by atoms with Crippen LogP contribution in [0.2, 0.25) is 0 Å². The van der Waals surface area contributed by atoms with Crippen molar-refractivity contribution in [1.82, 2.24) is 9.88 Å². The van der Waals surface area contributed by atoms with Crippen LogP contribution in [-0.2, 0) is 4.79 Å². The van der Waals surface area contributed by atoms with Crippen LogP contribution in [0.1, 0.15) is 38.7 Å². The van der Waals surface area contributed by atoms with Crippen molar-refractivity contribution in [2.75, 3.05) is 5.75 Å². The molecular formula is C19H24N2OS. The van der Waals surface area contributed by atoms with Gasteiger partial charge in [0.15, 0.2) is 0 Å². The largest absolute Gasteiger partial charge is 0.337 e. The SMILES string of the molecule is Cc1cc2ccccc2nc1SCC(=O)N1[C@H](C)CCC[C@H]1C. The highest BCUT2D eigenvalue weighted by Gasteiger charge is 2.28. The molecule has 1 saturated heterocycles. The van der Waals surface area contributed by atoms with Crippen molar-refractivity contribution in [3.63, 3.8) is 0 Å². The summed E-state index contributed by atoms with van der Waals surface area (Å²) in [7, 11) is 0. The number of nitrogens with zero attached hydrogens (tertiary/aromatic N) is 2. The van der Waals surface area contributed by atoms with Gasteiger partial charge in [0.05, 0.1) is 11.3 Å². The molecule has 1 aliphatic rings. The number of hydrogen-bond donors (Lipinski definition) is 0. The zero-order valence-corrected chi connectivity index (χ0v) is 14.9. The lowest BCUT2D eigenvalue weighted by Crippen LogP contribution is -2.48. The number of carbonyl (C=O) groups excluding carboxylic acids is 1. The van der Waals surface area contributed by atoms with Crippen molar-refractivity contribution in [2.45, 2.75) is 57.1 Å². The molecule has 3 nitrogen and oxygen atoms in total. The number of piperidine rings is 1. The highest BCUT2D eigenvalue weighted by molar-refractivity contribution is 7.99. The second-order valence-corrected chi connectivity index (χ2v) is 7.49. The number of benzene rings is 1. The first-order chi connectivity index (χ1) is 11.1. The molecule has 122 valence electrons. The van der Waals surface area contributed by atoms with Gasteiger partial charge < -0.3 is 4.90 Å². The smallest absolute Gasteiger partial charge is 0.233 e. The van der Waals surface area contributed by atoms with E-state index in [1.807, 2.05) is 18.2 Å². The van der Waals surface area contributed by atoms with Crippen LogP contribution in [-0.4, -0.2) is 33.6 Å². The van der Waals surface area contributed by atoms with Crippen LogP contribution in [0.5, 0.6) is 0 Å². The molecule has 0 spiro atoms. The molecule has 0 aliphatic carbocycles. The normalized spacial score (nSPS) is 21.6. The Balaban J connectivity index is 1.72. The molecule has 2 heterocycles. The van der Waals surface area contributed by atoms with Gasteiger partial charge in [-0.15, -0.1) is 0 Å². The van der Waals surface area contributed by atoms with Crippen molar-refractivity contribution < 1.29 is 4.79 Å². The maximum Gasteiger partial charge on any atom is 0.233 e. The second-order valence-electron chi connectivity index (χ2n) is 6.52. The maximum atomic E-state index is 12.6. The number of rotatable bonds is 3. The summed E-state index contributed by atoms with van der Waals surface area (Å²) in [6.07, 6.45) is 3.46. The molecule has 1 fully saturated rings. The lowest BCUT2D eigenvalue weighted by molar-refractivity contribution is -0.134.